The Morgan fingerprint density at radius 2 is 2.25 bits per heavy atom. The second-order valence-electron chi connectivity index (χ2n) is 2.91. The summed E-state index contributed by atoms with van der Waals surface area (Å²) in [6, 6.07) is 3.93. The molecule has 0 saturated heterocycles. The smallest absolute Gasteiger partial charge is 0.0532 e. The molecule has 0 aromatic heterocycles. The molecular weight excluding hydrogens is 237 g/mol. The lowest BCUT2D eigenvalue weighted by Gasteiger charge is -2.20. The molecule has 3 heteroatoms. The van der Waals surface area contributed by atoms with Crippen LogP contribution in [0.5, 0.6) is 0 Å². The van der Waals surface area contributed by atoms with E-state index < -0.39 is 0 Å². The van der Waals surface area contributed by atoms with Gasteiger partial charge in [0, 0.05) is 16.0 Å². The number of rotatable bonds is 0. The summed E-state index contributed by atoms with van der Waals surface area (Å²) in [5, 5.41) is 4.22. The Labute approximate surface area is 85.2 Å². The summed E-state index contributed by atoms with van der Waals surface area (Å²) in [5.74, 6) is 0. The molecule has 1 N–H and O–H groups in total. The Bertz CT molecular complexity index is 281. The first-order valence-electron chi connectivity index (χ1n) is 4.00. The van der Waals surface area contributed by atoms with Gasteiger partial charge in [0.25, 0.3) is 0 Å². The number of benzene rings is 1. The van der Waals surface area contributed by atoms with Crippen molar-refractivity contribution in [2.75, 3.05) is 11.9 Å². The van der Waals surface area contributed by atoms with E-state index in [-0.39, 0.29) is 0 Å². The highest BCUT2D eigenvalue weighted by molar-refractivity contribution is 9.10. The van der Waals surface area contributed by atoms with Crippen LogP contribution in [0.4, 0.5) is 5.69 Å². The van der Waals surface area contributed by atoms with Crippen molar-refractivity contribution in [2.24, 2.45) is 0 Å². The van der Waals surface area contributed by atoms with Crippen molar-refractivity contribution in [1.29, 1.82) is 0 Å². The van der Waals surface area contributed by atoms with Gasteiger partial charge in [0.05, 0.1) is 5.69 Å². The van der Waals surface area contributed by atoms with Crippen LogP contribution in [0, 0.1) is 0 Å². The molecule has 0 spiro atoms. The molecule has 0 aliphatic carbocycles. The molecule has 2 rings (SSSR count). The third-order valence-electron chi connectivity index (χ3n) is 2.11. The molecule has 1 aromatic carbocycles. The first-order chi connectivity index (χ1) is 5.79. The predicted molar refractivity (Wildman–Crippen MR) is 56.0 cm³/mol. The molecular formula is C9H9BrClN. The molecule has 0 radical (unpaired) electrons. The lowest BCUT2D eigenvalue weighted by Crippen LogP contribution is -2.12. The minimum atomic E-state index is 0.875. The summed E-state index contributed by atoms with van der Waals surface area (Å²) in [4.78, 5) is 0. The Morgan fingerprint density at radius 3 is 3.00 bits per heavy atom. The number of fused-ring (bicyclic) bond motifs is 1. The quantitative estimate of drug-likeness (QED) is 0.739. The van der Waals surface area contributed by atoms with E-state index in [1.165, 1.54) is 17.7 Å². The lowest BCUT2D eigenvalue weighted by molar-refractivity contribution is 0.829. The average molecular weight is 247 g/mol. The average Bonchev–Trinajstić information content (AvgIpc) is 2.12. The van der Waals surface area contributed by atoms with E-state index in [1.807, 2.05) is 12.1 Å². The molecule has 0 fully saturated rings. The maximum absolute atomic E-state index is 6.05. The fourth-order valence-corrected chi connectivity index (χ4v) is 2.27. The van der Waals surface area contributed by atoms with E-state index in [1.54, 1.807) is 0 Å². The Morgan fingerprint density at radius 1 is 1.42 bits per heavy atom. The van der Waals surface area contributed by atoms with Gasteiger partial charge in [0.2, 0.25) is 0 Å². The van der Waals surface area contributed by atoms with Crippen LogP contribution in [0.1, 0.15) is 12.0 Å². The van der Waals surface area contributed by atoms with Gasteiger partial charge in [-0.25, -0.2) is 0 Å². The Balaban J connectivity index is 2.57. The van der Waals surface area contributed by atoms with Gasteiger partial charge < -0.3 is 5.32 Å². The van der Waals surface area contributed by atoms with E-state index >= 15 is 0 Å². The van der Waals surface area contributed by atoms with Crippen LogP contribution in [0.3, 0.4) is 0 Å². The van der Waals surface area contributed by atoms with Crippen molar-refractivity contribution in [2.45, 2.75) is 12.8 Å². The van der Waals surface area contributed by atoms with Crippen molar-refractivity contribution in [1.82, 2.24) is 0 Å². The standard InChI is InChI=1S/C9H9BrClN/c10-7-3-4-8(11)6-2-1-5-12-9(6)7/h3-4,12H,1-2,5H2. The van der Waals surface area contributed by atoms with E-state index in [0.29, 0.717) is 0 Å². The van der Waals surface area contributed by atoms with Gasteiger partial charge in [-0.05, 0) is 46.5 Å². The molecule has 1 nitrogen and oxygen atoms in total. The van der Waals surface area contributed by atoms with Crippen molar-refractivity contribution >= 4 is 33.2 Å². The van der Waals surface area contributed by atoms with E-state index in [9.17, 15) is 0 Å². The van der Waals surface area contributed by atoms with Crippen LogP contribution in [0.2, 0.25) is 5.02 Å². The molecule has 0 saturated carbocycles. The monoisotopic (exact) mass is 245 g/mol. The summed E-state index contributed by atoms with van der Waals surface area (Å²) in [7, 11) is 0. The summed E-state index contributed by atoms with van der Waals surface area (Å²) < 4.78 is 1.11. The molecule has 1 heterocycles. The number of halogens is 2. The molecule has 1 aliphatic heterocycles. The highest BCUT2D eigenvalue weighted by Gasteiger charge is 2.13. The number of hydrogen-bond donors (Lipinski definition) is 1. The Kier molecular flexibility index (Phi) is 2.28. The number of hydrogen-bond acceptors (Lipinski definition) is 1. The first-order valence-corrected chi connectivity index (χ1v) is 5.17. The molecule has 0 amide bonds. The van der Waals surface area contributed by atoms with Crippen LogP contribution >= 0.6 is 27.5 Å². The highest BCUT2D eigenvalue weighted by atomic mass is 79.9. The van der Waals surface area contributed by atoms with Crippen molar-refractivity contribution in [3.8, 4) is 0 Å². The molecule has 1 aliphatic rings. The van der Waals surface area contributed by atoms with E-state index in [2.05, 4.69) is 21.2 Å². The van der Waals surface area contributed by atoms with Gasteiger partial charge in [-0.3, -0.25) is 0 Å². The predicted octanol–water partition coefficient (Wildman–Crippen LogP) is 3.46. The number of nitrogens with one attached hydrogen (secondary N) is 1. The summed E-state index contributed by atoms with van der Waals surface area (Å²) >= 11 is 9.55. The van der Waals surface area contributed by atoms with Gasteiger partial charge in [-0.15, -0.1) is 0 Å². The second-order valence-corrected chi connectivity index (χ2v) is 4.17. The van der Waals surface area contributed by atoms with Gasteiger partial charge >= 0.3 is 0 Å². The maximum Gasteiger partial charge on any atom is 0.0532 e. The molecule has 1 aromatic rings. The number of anilines is 1. The third-order valence-corrected chi connectivity index (χ3v) is 3.13. The van der Waals surface area contributed by atoms with Crippen LogP contribution in [-0.4, -0.2) is 6.54 Å². The fraction of sp³-hybridized carbons (Fsp3) is 0.333. The van der Waals surface area contributed by atoms with E-state index in [0.717, 1.165) is 22.5 Å². The van der Waals surface area contributed by atoms with Gasteiger partial charge in [0.1, 0.15) is 0 Å². The molecule has 0 atom stereocenters. The zero-order valence-electron chi connectivity index (χ0n) is 6.53. The zero-order valence-corrected chi connectivity index (χ0v) is 8.87. The van der Waals surface area contributed by atoms with Crippen molar-refractivity contribution < 1.29 is 0 Å². The zero-order chi connectivity index (χ0) is 8.55. The maximum atomic E-state index is 6.05. The van der Waals surface area contributed by atoms with Crippen molar-refractivity contribution in [3.05, 3.63) is 27.2 Å². The first kappa shape index (κ1) is 8.39. The van der Waals surface area contributed by atoms with Crippen molar-refractivity contribution in [3.63, 3.8) is 0 Å². The normalized spacial score (nSPS) is 15.2. The fourth-order valence-electron chi connectivity index (χ4n) is 1.51. The minimum Gasteiger partial charge on any atom is -0.384 e. The largest absolute Gasteiger partial charge is 0.384 e. The summed E-state index contributed by atoms with van der Waals surface area (Å²) in [6.07, 6.45) is 2.25. The van der Waals surface area contributed by atoms with Crippen LogP contribution in [0.25, 0.3) is 0 Å². The van der Waals surface area contributed by atoms with Gasteiger partial charge in [0.15, 0.2) is 0 Å². The van der Waals surface area contributed by atoms with Gasteiger partial charge in [-0.1, -0.05) is 11.6 Å². The lowest BCUT2D eigenvalue weighted by atomic mass is 10.0. The Hall–Kier alpha value is -0.210. The van der Waals surface area contributed by atoms with Crippen LogP contribution in [-0.2, 0) is 6.42 Å². The summed E-state index contributed by atoms with van der Waals surface area (Å²) in [5.41, 5.74) is 2.42. The van der Waals surface area contributed by atoms with E-state index in [4.69, 9.17) is 11.6 Å². The summed E-state index contributed by atoms with van der Waals surface area (Å²) in [6.45, 7) is 1.05. The third kappa shape index (κ3) is 1.34. The van der Waals surface area contributed by atoms with Crippen LogP contribution < -0.4 is 5.32 Å². The molecule has 0 bridgehead atoms. The molecule has 12 heavy (non-hydrogen) atoms. The van der Waals surface area contributed by atoms with Crippen LogP contribution in [0.15, 0.2) is 16.6 Å². The SMILES string of the molecule is Clc1ccc(Br)c2c1CCCN2. The minimum absolute atomic E-state index is 0.875. The molecule has 0 unspecified atom stereocenters. The topological polar surface area (TPSA) is 12.0 Å². The second kappa shape index (κ2) is 3.27. The molecule has 64 valence electrons. The highest BCUT2D eigenvalue weighted by Crippen LogP contribution is 2.34. The van der Waals surface area contributed by atoms with Gasteiger partial charge in [-0.2, -0.15) is 0 Å².